The molecule has 1 unspecified atom stereocenters. The van der Waals surface area contributed by atoms with Crippen LogP contribution in [0.3, 0.4) is 0 Å². The van der Waals surface area contributed by atoms with Crippen molar-refractivity contribution in [1.82, 2.24) is 15.5 Å². The van der Waals surface area contributed by atoms with E-state index in [-0.39, 0.29) is 5.13 Å². The first-order chi connectivity index (χ1) is 7.43. The maximum atomic E-state index is 12.2. The predicted molar refractivity (Wildman–Crippen MR) is 56.5 cm³/mol. The highest BCUT2D eigenvalue weighted by Gasteiger charge is 2.35. The van der Waals surface area contributed by atoms with Crippen LogP contribution >= 0.6 is 11.3 Å². The van der Waals surface area contributed by atoms with Crippen molar-refractivity contribution in [3.8, 4) is 0 Å². The van der Waals surface area contributed by atoms with Crippen LogP contribution in [-0.2, 0) is 6.18 Å². The molecule has 4 nitrogen and oxygen atoms in total. The lowest BCUT2D eigenvalue weighted by Crippen LogP contribution is -2.22. The van der Waals surface area contributed by atoms with Crippen LogP contribution in [0.25, 0.3) is 0 Å². The fourth-order valence-corrected chi connectivity index (χ4v) is 1.71. The fourth-order valence-electron chi connectivity index (χ4n) is 1.09. The van der Waals surface area contributed by atoms with Crippen LogP contribution in [0, 0.1) is 5.92 Å². The molecule has 1 aromatic heterocycles. The number of aromatic nitrogens is 2. The van der Waals surface area contributed by atoms with Gasteiger partial charge in [-0.15, -0.1) is 10.2 Å². The fraction of sp³-hybridized carbons (Fsp3) is 0.750. The Hall–Kier alpha value is -0.890. The average Bonchev–Trinajstić information content (AvgIpc) is 2.63. The molecule has 0 spiro atoms. The molecule has 1 atom stereocenters. The Labute approximate surface area is 95.3 Å². The van der Waals surface area contributed by atoms with Crippen LogP contribution in [-0.4, -0.2) is 30.3 Å². The number of hydrogen-bond acceptors (Lipinski definition) is 5. The molecular weight excluding hydrogens is 241 g/mol. The van der Waals surface area contributed by atoms with Gasteiger partial charge in [-0.3, -0.25) is 0 Å². The van der Waals surface area contributed by atoms with Crippen LogP contribution < -0.4 is 10.6 Å². The predicted octanol–water partition coefficient (Wildman–Crippen LogP) is 1.82. The van der Waals surface area contributed by atoms with E-state index in [1.54, 1.807) is 0 Å². The van der Waals surface area contributed by atoms with Crippen molar-refractivity contribution < 1.29 is 13.2 Å². The first kappa shape index (κ1) is 13.2. The summed E-state index contributed by atoms with van der Waals surface area (Å²) in [5, 5.41) is 11.6. The second-order valence-corrected chi connectivity index (χ2v) is 4.43. The van der Waals surface area contributed by atoms with Crippen LogP contribution in [0.5, 0.6) is 0 Å². The van der Waals surface area contributed by atoms with E-state index in [0.717, 1.165) is 6.54 Å². The Morgan fingerprint density at radius 2 is 2.00 bits per heavy atom. The number of halogens is 3. The third kappa shape index (κ3) is 3.93. The third-order valence-electron chi connectivity index (χ3n) is 1.82. The molecular formula is C8H13F3N4S. The van der Waals surface area contributed by atoms with Crippen molar-refractivity contribution in [2.24, 2.45) is 5.92 Å². The summed E-state index contributed by atoms with van der Waals surface area (Å²) in [6.07, 6.45) is -4.41. The topological polar surface area (TPSA) is 49.8 Å². The SMILES string of the molecule is CNCC(C)CNc1nnc(C(F)(F)F)s1. The van der Waals surface area contributed by atoms with Gasteiger partial charge in [0.15, 0.2) is 0 Å². The molecule has 0 saturated heterocycles. The molecule has 0 aliphatic carbocycles. The Balaban J connectivity index is 2.47. The molecule has 0 saturated carbocycles. The van der Waals surface area contributed by atoms with E-state index in [4.69, 9.17) is 0 Å². The van der Waals surface area contributed by atoms with Crippen LogP contribution in [0.2, 0.25) is 0 Å². The molecule has 0 aliphatic rings. The third-order valence-corrected chi connectivity index (χ3v) is 2.75. The van der Waals surface area contributed by atoms with Gasteiger partial charge in [-0.05, 0) is 19.5 Å². The highest BCUT2D eigenvalue weighted by atomic mass is 32.1. The molecule has 1 heterocycles. The largest absolute Gasteiger partial charge is 0.445 e. The van der Waals surface area contributed by atoms with Gasteiger partial charge in [-0.2, -0.15) is 13.2 Å². The van der Waals surface area contributed by atoms with Gasteiger partial charge in [0.1, 0.15) is 0 Å². The number of anilines is 1. The molecule has 1 rings (SSSR count). The molecule has 1 aromatic rings. The molecule has 0 amide bonds. The quantitative estimate of drug-likeness (QED) is 0.841. The summed E-state index contributed by atoms with van der Waals surface area (Å²) in [4.78, 5) is 0. The van der Waals surface area contributed by atoms with Gasteiger partial charge in [0, 0.05) is 6.54 Å². The van der Waals surface area contributed by atoms with Crippen molar-refractivity contribution in [2.45, 2.75) is 13.1 Å². The van der Waals surface area contributed by atoms with Crippen molar-refractivity contribution in [3.05, 3.63) is 5.01 Å². The number of nitrogens with zero attached hydrogens (tertiary/aromatic N) is 2. The summed E-state index contributed by atoms with van der Waals surface area (Å²) in [6, 6.07) is 0. The Morgan fingerprint density at radius 3 is 2.50 bits per heavy atom. The lowest BCUT2D eigenvalue weighted by atomic mass is 10.2. The maximum absolute atomic E-state index is 12.2. The van der Waals surface area contributed by atoms with Crippen LogP contribution in [0.1, 0.15) is 11.9 Å². The normalized spacial score (nSPS) is 13.8. The number of nitrogens with one attached hydrogen (secondary N) is 2. The van der Waals surface area contributed by atoms with Crippen molar-refractivity contribution in [3.63, 3.8) is 0 Å². The minimum atomic E-state index is -4.41. The van der Waals surface area contributed by atoms with Crippen molar-refractivity contribution >= 4 is 16.5 Å². The minimum absolute atomic E-state index is 0.204. The van der Waals surface area contributed by atoms with Gasteiger partial charge in [0.2, 0.25) is 10.1 Å². The molecule has 8 heteroatoms. The van der Waals surface area contributed by atoms with E-state index in [9.17, 15) is 13.2 Å². The summed E-state index contributed by atoms with van der Waals surface area (Å²) >= 11 is 0.521. The summed E-state index contributed by atoms with van der Waals surface area (Å²) in [7, 11) is 1.82. The van der Waals surface area contributed by atoms with Crippen LogP contribution in [0.15, 0.2) is 0 Å². The van der Waals surface area contributed by atoms with Gasteiger partial charge < -0.3 is 10.6 Å². The highest BCUT2D eigenvalue weighted by molar-refractivity contribution is 7.15. The Kier molecular flexibility index (Phi) is 4.48. The molecule has 92 valence electrons. The molecule has 0 aliphatic heterocycles. The average molecular weight is 254 g/mol. The molecule has 0 radical (unpaired) electrons. The highest BCUT2D eigenvalue weighted by Crippen LogP contribution is 2.32. The van der Waals surface area contributed by atoms with Gasteiger partial charge in [0.05, 0.1) is 0 Å². The zero-order valence-electron chi connectivity index (χ0n) is 8.93. The molecule has 2 N–H and O–H groups in total. The van der Waals surface area contributed by atoms with E-state index < -0.39 is 11.2 Å². The van der Waals surface area contributed by atoms with E-state index in [1.165, 1.54) is 0 Å². The van der Waals surface area contributed by atoms with Crippen molar-refractivity contribution in [2.75, 3.05) is 25.5 Å². The Morgan fingerprint density at radius 1 is 1.31 bits per heavy atom. The second kappa shape index (κ2) is 5.44. The molecule has 0 aromatic carbocycles. The monoisotopic (exact) mass is 254 g/mol. The van der Waals surface area contributed by atoms with Gasteiger partial charge in [-0.25, -0.2) is 0 Å². The van der Waals surface area contributed by atoms with Gasteiger partial charge in [0.25, 0.3) is 0 Å². The lowest BCUT2D eigenvalue weighted by molar-refractivity contribution is -0.138. The number of rotatable bonds is 5. The Bertz CT molecular complexity index is 325. The minimum Gasteiger partial charge on any atom is -0.360 e. The standard InChI is InChI=1S/C8H13F3N4S/c1-5(3-12-2)4-13-7-15-14-6(16-7)8(9,10)11/h5,12H,3-4H2,1-2H3,(H,13,15). The lowest BCUT2D eigenvalue weighted by Gasteiger charge is -2.10. The summed E-state index contributed by atoms with van der Waals surface area (Å²) in [5.74, 6) is 0.309. The van der Waals surface area contributed by atoms with Crippen molar-refractivity contribution in [1.29, 1.82) is 0 Å². The second-order valence-electron chi connectivity index (χ2n) is 3.45. The summed E-state index contributed by atoms with van der Waals surface area (Å²) in [6.45, 7) is 3.33. The van der Waals surface area contributed by atoms with Gasteiger partial charge >= 0.3 is 6.18 Å². The first-order valence-electron chi connectivity index (χ1n) is 4.72. The molecule has 0 bridgehead atoms. The van der Waals surface area contributed by atoms with E-state index in [2.05, 4.69) is 20.8 Å². The first-order valence-corrected chi connectivity index (χ1v) is 5.54. The maximum Gasteiger partial charge on any atom is 0.445 e. The molecule has 0 fully saturated rings. The number of alkyl halides is 3. The smallest absolute Gasteiger partial charge is 0.360 e. The number of hydrogen-bond donors (Lipinski definition) is 2. The molecule has 16 heavy (non-hydrogen) atoms. The van der Waals surface area contributed by atoms with Crippen LogP contribution in [0.4, 0.5) is 18.3 Å². The summed E-state index contributed by atoms with van der Waals surface area (Å²) in [5.41, 5.74) is 0. The van der Waals surface area contributed by atoms with E-state index in [0.29, 0.717) is 23.8 Å². The van der Waals surface area contributed by atoms with E-state index in [1.807, 2.05) is 14.0 Å². The van der Waals surface area contributed by atoms with E-state index >= 15 is 0 Å². The van der Waals surface area contributed by atoms with Gasteiger partial charge in [-0.1, -0.05) is 18.3 Å². The summed E-state index contributed by atoms with van der Waals surface area (Å²) < 4.78 is 36.6. The zero-order chi connectivity index (χ0) is 12.2. The zero-order valence-corrected chi connectivity index (χ0v) is 9.74.